The molecule has 0 aliphatic carbocycles. The third kappa shape index (κ3) is 9.02. The molecule has 4 aromatic rings. The smallest absolute Gasteiger partial charge is 0.141 e. The van der Waals surface area contributed by atoms with Crippen molar-refractivity contribution in [3.8, 4) is 45.3 Å². The zero-order valence-corrected chi connectivity index (χ0v) is 28.9. The van der Waals surface area contributed by atoms with E-state index in [9.17, 15) is 0 Å². The van der Waals surface area contributed by atoms with E-state index in [0.717, 1.165) is 97.4 Å². The molecule has 0 aliphatic rings. The highest BCUT2D eigenvalue weighted by Crippen LogP contribution is 2.43. The Morgan fingerprint density at radius 1 is 0.488 bits per heavy atom. The third-order valence-corrected chi connectivity index (χ3v) is 8.20. The van der Waals surface area contributed by atoms with Crippen molar-refractivity contribution in [3.63, 3.8) is 0 Å². The Balaban J connectivity index is 1.45. The second-order valence-electron chi connectivity index (χ2n) is 10.7. The Hall–Kier alpha value is -2.96. The highest BCUT2D eigenvalue weighted by atomic mass is 79.9. The van der Waals surface area contributed by atoms with Crippen LogP contribution < -0.4 is 18.9 Å². The molecule has 6 heteroatoms. The molecule has 0 spiro atoms. The number of rotatable bonds is 16. The van der Waals surface area contributed by atoms with Gasteiger partial charge in [-0.2, -0.15) is 0 Å². The van der Waals surface area contributed by atoms with E-state index >= 15 is 0 Å². The maximum atomic E-state index is 6.33. The van der Waals surface area contributed by atoms with Gasteiger partial charge in [-0.3, -0.25) is 0 Å². The minimum Gasteiger partial charge on any atom is -0.493 e. The molecule has 0 amide bonds. The van der Waals surface area contributed by atoms with Crippen molar-refractivity contribution in [2.75, 3.05) is 26.4 Å². The van der Waals surface area contributed by atoms with E-state index < -0.39 is 0 Å². The maximum absolute atomic E-state index is 6.33. The molecule has 0 unspecified atom stereocenters. The number of hydrogen-bond donors (Lipinski definition) is 0. The fourth-order valence-electron chi connectivity index (χ4n) is 4.84. The van der Waals surface area contributed by atoms with Crippen LogP contribution in [0.25, 0.3) is 22.3 Å². The molecule has 0 N–H and O–H groups in total. The van der Waals surface area contributed by atoms with Crippen molar-refractivity contribution in [1.82, 2.24) is 0 Å². The lowest BCUT2D eigenvalue weighted by molar-refractivity contribution is 0.248. The standard InChI is InChI=1S/C37H42Br2O4/c1-5-7-18-42-36-30(22-26(3)24-32(36)38)28-14-9-11-16-34(28)40-20-13-21-41-35-17-12-10-15-29(35)31-23-27(4)25-33(39)37(31)43-19-8-6-2/h9-12,14-17,22-25H,5-8,13,18-21H2,1-4H3. The van der Waals surface area contributed by atoms with E-state index in [1.807, 2.05) is 36.4 Å². The van der Waals surface area contributed by atoms with E-state index in [1.54, 1.807) is 0 Å². The number of aryl methyl sites for hydroxylation is 2. The maximum Gasteiger partial charge on any atom is 0.141 e. The van der Waals surface area contributed by atoms with Gasteiger partial charge in [0.15, 0.2) is 0 Å². The van der Waals surface area contributed by atoms with Gasteiger partial charge >= 0.3 is 0 Å². The van der Waals surface area contributed by atoms with Gasteiger partial charge in [-0.15, -0.1) is 0 Å². The number of halogens is 2. The average Bonchev–Trinajstić information content (AvgIpc) is 2.99. The van der Waals surface area contributed by atoms with Crippen molar-refractivity contribution in [2.45, 2.75) is 59.8 Å². The van der Waals surface area contributed by atoms with Gasteiger partial charge in [0.25, 0.3) is 0 Å². The summed E-state index contributed by atoms with van der Waals surface area (Å²) >= 11 is 7.45. The number of hydrogen-bond acceptors (Lipinski definition) is 4. The number of ether oxygens (including phenoxy) is 4. The van der Waals surface area contributed by atoms with E-state index in [2.05, 4.69) is 96.0 Å². The van der Waals surface area contributed by atoms with Crippen molar-refractivity contribution < 1.29 is 18.9 Å². The van der Waals surface area contributed by atoms with Gasteiger partial charge in [0.1, 0.15) is 23.0 Å². The van der Waals surface area contributed by atoms with Gasteiger partial charge in [0.05, 0.1) is 35.4 Å². The molecule has 0 fully saturated rings. The van der Waals surface area contributed by atoms with Crippen LogP contribution in [0.5, 0.6) is 23.0 Å². The molecule has 0 aromatic heterocycles. The predicted molar refractivity (Wildman–Crippen MR) is 185 cm³/mol. The van der Waals surface area contributed by atoms with Crippen molar-refractivity contribution in [3.05, 3.63) is 92.9 Å². The monoisotopic (exact) mass is 708 g/mol. The highest BCUT2D eigenvalue weighted by Gasteiger charge is 2.17. The normalized spacial score (nSPS) is 10.9. The average molecular weight is 711 g/mol. The Morgan fingerprint density at radius 2 is 0.884 bits per heavy atom. The van der Waals surface area contributed by atoms with Crippen LogP contribution in [0.3, 0.4) is 0 Å². The minimum absolute atomic E-state index is 0.527. The summed E-state index contributed by atoms with van der Waals surface area (Å²) in [6.07, 6.45) is 4.92. The van der Waals surface area contributed by atoms with Gasteiger partial charge in [-0.1, -0.05) is 63.1 Å². The molecule has 228 valence electrons. The molecule has 0 atom stereocenters. The van der Waals surface area contributed by atoms with Crippen LogP contribution in [0.2, 0.25) is 0 Å². The quantitative estimate of drug-likeness (QED) is 0.109. The first kappa shape index (κ1) is 32.9. The zero-order valence-electron chi connectivity index (χ0n) is 25.7. The summed E-state index contributed by atoms with van der Waals surface area (Å²) in [6.45, 7) is 10.9. The summed E-state index contributed by atoms with van der Waals surface area (Å²) in [7, 11) is 0. The summed E-state index contributed by atoms with van der Waals surface area (Å²) in [6, 6.07) is 24.8. The first-order valence-electron chi connectivity index (χ1n) is 15.2. The van der Waals surface area contributed by atoms with Crippen molar-refractivity contribution >= 4 is 31.9 Å². The van der Waals surface area contributed by atoms with Gasteiger partial charge in [-0.25, -0.2) is 0 Å². The van der Waals surface area contributed by atoms with Gasteiger partial charge in [-0.05, 0) is 106 Å². The molecule has 4 nitrogen and oxygen atoms in total. The number of unbranched alkanes of at least 4 members (excludes halogenated alkanes) is 2. The largest absolute Gasteiger partial charge is 0.493 e. The molecule has 4 rings (SSSR count). The van der Waals surface area contributed by atoms with E-state index in [1.165, 1.54) is 0 Å². The van der Waals surface area contributed by atoms with Crippen LogP contribution in [0.1, 0.15) is 57.1 Å². The first-order chi connectivity index (χ1) is 20.9. The molecule has 4 aromatic carbocycles. The van der Waals surface area contributed by atoms with Crippen LogP contribution in [0.4, 0.5) is 0 Å². The molecule has 43 heavy (non-hydrogen) atoms. The molecule has 0 saturated carbocycles. The Bertz CT molecular complexity index is 1370. The Morgan fingerprint density at radius 3 is 1.30 bits per heavy atom. The fourth-order valence-corrected chi connectivity index (χ4v) is 6.22. The van der Waals surface area contributed by atoms with Crippen LogP contribution in [0, 0.1) is 13.8 Å². The number of para-hydroxylation sites is 2. The summed E-state index contributed by atoms with van der Waals surface area (Å²) in [5.74, 6) is 3.38. The first-order valence-corrected chi connectivity index (χ1v) is 16.8. The molecule has 0 saturated heterocycles. The van der Waals surface area contributed by atoms with E-state index in [0.29, 0.717) is 26.4 Å². The van der Waals surface area contributed by atoms with Gasteiger partial charge in [0.2, 0.25) is 0 Å². The van der Waals surface area contributed by atoms with Crippen LogP contribution in [-0.4, -0.2) is 26.4 Å². The fraction of sp³-hybridized carbons (Fsp3) is 0.351. The second kappa shape index (κ2) is 16.8. The third-order valence-electron chi connectivity index (χ3n) is 7.02. The van der Waals surface area contributed by atoms with Crippen LogP contribution in [-0.2, 0) is 0 Å². The van der Waals surface area contributed by atoms with E-state index in [-0.39, 0.29) is 0 Å². The summed E-state index contributed by atoms with van der Waals surface area (Å²) in [4.78, 5) is 0. The van der Waals surface area contributed by atoms with Gasteiger partial charge in [0, 0.05) is 28.7 Å². The lowest BCUT2D eigenvalue weighted by Crippen LogP contribution is -2.07. The summed E-state index contributed by atoms with van der Waals surface area (Å²) < 4.78 is 27.0. The Kier molecular flexibility index (Phi) is 12.8. The van der Waals surface area contributed by atoms with Gasteiger partial charge < -0.3 is 18.9 Å². The van der Waals surface area contributed by atoms with Crippen LogP contribution >= 0.6 is 31.9 Å². The van der Waals surface area contributed by atoms with Crippen molar-refractivity contribution in [2.24, 2.45) is 0 Å². The van der Waals surface area contributed by atoms with E-state index in [4.69, 9.17) is 18.9 Å². The molecular formula is C37H42Br2O4. The topological polar surface area (TPSA) is 36.9 Å². The highest BCUT2D eigenvalue weighted by molar-refractivity contribution is 9.11. The zero-order chi connectivity index (χ0) is 30.6. The SMILES string of the molecule is CCCCOc1c(Br)cc(C)cc1-c1ccccc1OCCCOc1ccccc1-c1cc(C)cc(Br)c1OCCCC. The lowest BCUT2D eigenvalue weighted by atomic mass is 10.0. The Labute approximate surface area is 274 Å². The predicted octanol–water partition coefficient (Wildman–Crippen LogP) is 11.4. The summed E-state index contributed by atoms with van der Waals surface area (Å²) in [5.41, 5.74) is 6.42. The molecular weight excluding hydrogens is 668 g/mol. The molecule has 0 bridgehead atoms. The number of benzene rings is 4. The lowest BCUT2D eigenvalue weighted by Gasteiger charge is -2.18. The second-order valence-corrected chi connectivity index (χ2v) is 12.4. The summed E-state index contributed by atoms with van der Waals surface area (Å²) in [5, 5.41) is 0. The van der Waals surface area contributed by atoms with Crippen LogP contribution in [0.15, 0.2) is 81.7 Å². The molecule has 0 heterocycles. The minimum atomic E-state index is 0.527. The molecule has 0 aliphatic heterocycles. The van der Waals surface area contributed by atoms with Crippen molar-refractivity contribution in [1.29, 1.82) is 0 Å². The molecule has 0 radical (unpaired) electrons.